The summed E-state index contributed by atoms with van der Waals surface area (Å²) in [5.74, 6) is 1.87. The molecule has 1 saturated heterocycles. The molecule has 204 valence electrons. The Balaban J connectivity index is 1.34. The molecule has 6 nitrogen and oxygen atoms in total. The van der Waals surface area contributed by atoms with Crippen molar-refractivity contribution in [1.82, 2.24) is 4.90 Å². The molecule has 6 rings (SSSR count). The van der Waals surface area contributed by atoms with E-state index >= 15 is 0 Å². The molecule has 3 heterocycles. The minimum absolute atomic E-state index is 0.0567. The molecule has 3 aromatic rings. The number of anilines is 2. The summed E-state index contributed by atoms with van der Waals surface area (Å²) in [4.78, 5) is 15.7. The Morgan fingerprint density at radius 1 is 1.08 bits per heavy atom. The molecule has 2 N–H and O–H groups in total. The molecule has 2 aliphatic heterocycles. The summed E-state index contributed by atoms with van der Waals surface area (Å²) in [6.45, 7) is 6.81. The maximum atomic E-state index is 13.2. The number of rotatable bonds is 9. The third-order valence-corrected chi connectivity index (χ3v) is 8.24. The normalized spacial score (nSPS) is 19.0. The highest BCUT2D eigenvalue weighted by Crippen LogP contribution is 2.41. The van der Waals surface area contributed by atoms with E-state index in [2.05, 4.69) is 58.9 Å². The van der Waals surface area contributed by atoms with Gasteiger partial charge in [0.1, 0.15) is 11.5 Å². The second-order valence-corrected chi connectivity index (χ2v) is 10.9. The summed E-state index contributed by atoms with van der Waals surface area (Å²) in [6.07, 6.45) is 9.32. The monoisotopic (exact) mass is 525 g/mol. The van der Waals surface area contributed by atoms with E-state index in [4.69, 9.17) is 9.15 Å². The summed E-state index contributed by atoms with van der Waals surface area (Å²) >= 11 is 0. The van der Waals surface area contributed by atoms with Crippen molar-refractivity contribution >= 4 is 28.9 Å². The number of amides is 1. The van der Waals surface area contributed by atoms with E-state index in [0.29, 0.717) is 5.57 Å². The van der Waals surface area contributed by atoms with Gasteiger partial charge in [0.2, 0.25) is 0 Å². The number of carbonyl (C=O) groups excluding carboxylic acids is 1. The highest BCUT2D eigenvalue weighted by Gasteiger charge is 2.30. The predicted octanol–water partition coefficient (Wildman–Crippen LogP) is 6.48. The van der Waals surface area contributed by atoms with Gasteiger partial charge < -0.3 is 19.8 Å². The lowest BCUT2D eigenvalue weighted by Gasteiger charge is -2.26. The number of para-hydroxylation sites is 1. The number of fused-ring (bicyclic) bond motifs is 2. The van der Waals surface area contributed by atoms with Gasteiger partial charge in [-0.1, -0.05) is 37.6 Å². The second-order valence-electron chi connectivity index (χ2n) is 10.9. The lowest BCUT2D eigenvalue weighted by Crippen LogP contribution is -2.37. The average Bonchev–Trinajstić information content (AvgIpc) is 3.49. The van der Waals surface area contributed by atoms with Crippen molar-refractivity contribution in [3.8, 4) is 0 Å². The first kappa shape index (κ1) is 25.9. The predicted molar refractivity (Wildman–Crippen MR) is 157 cm³/mol. The van der Waals surface area contributed by atoms with Crippen LogP contribution in [0.2, 0.25) is 0 Å². The Morgan fingerprint density at radius 2 is 1.90 bits per heavy atom. The Kier molecular flexibility index (Phi) is 7.84. The van der Waals surface area contributed by atoms with Gasteiger partial charge in [-0.25, -0.2) is 0 Å². The fourth-order valence-electron chi connectivity index (χ4n) is 6.19. The molecule has 39 heavy (non-hydrogen) atoms. The third kappa shape index (κ3) is 5.68. The smallest absolute Gasteiger partial charge is 0.256 e. The van der Waals surface area contributed by atoms with Gasteiger partial charge in [-0.15, -0.1) is 0 Å². The number of hydrogen-bond acceptors (Lipinski definition) is 5. The Hall–Kier alpha value is -3.35. The fourth-order valence-corrected chi connectivity index (χ4v) is 6.19. The van der Waals surface area contributed by atoms with Gasteiger partial charge in [-0.3, -0.25) is 9.69 Å². The highest BCUT2D eigenvalue weighted by atomic mass is 16.5. The Morgan fingerprint density at radius 3 is 2.72 bits per heavy atom. The Labute approximate surface area is 231 Å². The number of ether oxygens (including phenoxy) is 1. The summed E-state index contributed by atoms with van der Waals surface area (Å²) in [5, 5.41) is 6.87. The number of nitrogens with zero attached hydrogens (tertiary/aromatic N) is 1. The summed E-state index contributed by atoms with van der Waals surface area (Å²) in [7, 11) is 0. The third-order valence-electron chi connectivity index (χ3n) is 8.24. The topological polar surface area (TPSA) is 66.7 Å². The van der Waals surface area contributed by atoms with Crippen molar-refractivity contribution in [2.45, 2.75) is 57.9 Å². The van der Waals surface area contributed by atoms with Crippen molar-refractivity contribution in [1.29, 1.82) is 0 Å². The van der Waals surface area contributed by atoms with Crippen LogP contribution in [0.25, 0.3) is 11.6 Å². The van der Waals surface area contributed by atoms with Crippen LogP contribution < -0.4 is 10.6 Å². The van der Waals surface area contributed by atoms with Crippen molar-refractivity contribution in [2.75, 3.05) is 43.5 Å². The highest BCUT2D eigenvalue weighted by molar-refractivity contribution is 6.34. The minimum atomic E-state index is -0.0567. The molecule has 3 aliphatic rings. The number of nitrogens with one attached hydrogen (secondary N) is 2. The van der Waals surface area contributed by atoms with Crippen LogP contribution in [-0.4, -0.2) is 43.7 Å². The zero-order valence-corrected chi connectivity index (χ0v) is 22.9. The van der Waals surface area contributed by atoms with E-state index in [1.54, 1.807) is 0 Å². The van der Waals surface area contributed by atoms with Crippen LogP contribution in [0.1, 0.15) is 72.4 Å². The molecule has 0 saturated carbocycles. The Bertz CT molecular complexity index is 1340. The molecule has 1 unspecified atom stereocenters. The van der Waals surface area contributed by atoms with Crippen molar-refractivity contribution < 1.29 is 13.9 Å². The number of furan rings is 1. The maximum Gasteiger partial charge on any atom is 0.256 e. The van der Waals surface area contributed by atoms with Crippen molar-refractivity contribution in [3.05, 3.63) is 82.3 Å². The minimum Gasteiger partial charge on any atom is -0.461 e. The first-order chi connectivity index (χ1) is 19.2. The van der Waals surface area contributed by atoms with Crippen LogP contribution in [0.5, 0.6) is 0 Å². The van der Waals surface area contributed by atoms with Crippen LogP contribution in [0.4, 0.5) is 11.4 Å². The molecule has 1 aromatic heterocycles. The van der Waals surface area contributed by atoms with E-state index in [1.165, 1.54) is 23.1 Å². The van der Waals surface area contributed by atoms with E-state index in [1.807, 2.05) is 18.2 Å². The molecule has 1 amide bonds. The molecule has 1 atom stereocenters. The first-order valence-electron chi connectivity index (χ1n) is 14.6. The summed E-state index contributed by atoms with van der Waals surface area (Å²) in [5.41, 5.74) is 7.47. The molecule has 0 spiro atoms. The molecule has 6 heteroatoms. The summed E-state index contributed by atoms with van der Waals surface area (Å²) < 4.78 is 12.1. The van der Waals surface area contributed by atoms with Gasteiger partial charge in [0.15, 0.2) is 0 Å². The van der Waals surface area contributed by atoms with Crippen LogP contribution in [0, 0.1) is 0 Å². The van der Waals surface area contributed by atoms with Gasteiger partial charge in [-0.05, 0) is 73.6 Å². The SMILES string of the molecule is CCCC(Nc1ccccc1)c1c(C=C2C(=O)Nc3ccc(CCN4CCOCC4)cc32)oc2c1CCCC2. The molecule has 1 aliphatic carbocycles. The van der Waals surface area contributed by atoms with Gasteiger partial charge in [-0.2, -0.15) is 0 Å². The molecule has 0 bridgehead atoms. The molecular weight excluding hydrogens is 486 g/mol. The number of hydrogen-bond donors (Lipinski definition) is 2. The van der Waals surface area contributed by atoms with Crippen molar-refractivity contribution in [2.24, 2.45) is 0 Å². The molecular formula is C33H39N3O3. The average molecular weight is 526 g/mol. The number of carbonyl (C=O) groups is 1. The van der Waals surface area contributed by atoms with E-state index in [9.17, 15) is 4.79 Å². The van der Waals surface area contributed by atoms with Gasteiger partial charge in [0.05, 0.1) is 24.8 Å². The number of aryl methyl sites for hydroxylation is 1. The van der Waals surface area contributed by atoms with E-state index in [0.717, 1.165) is 99.8 Å². The second kappa shape index (κ2) is 11.8. The largest absolute Gasteiger partial charge is 0.461 e. The standard InChI is InChI=1S/C33H39N3O3/c1-2-8-29(34-24-9-4-3-5-10-24)32-25-11-6-7-12-30(25)39-31(32)22-27-26-21-23(13-14-28(26)35-33(27)37)15-16-36-17-19-38-20-18-36/h3-5,9-10,13-14,21-22,29,34H,2,6-8,11-12,15-20H2,1H3,(H,35,37). The van der Waals surface area contributed by atoms with Crippen LogP contribution in [0.15, 0.2) is 52.9 Å². The van der Waals surface area contributed by atoms with E-state index in [-0.39, 0.29) is 11.9 Å². The van der Waals surface area contributed by atoms with Gasteiger partial charge in [0.25, 0.3) is 5.91 Å². The summed E-state index contributed by atoms with van der Waals surface area (Å²) in [6, 6.07) is 16.9. The molecule has 0 radical (unpaired) electrons. The zero-order valence-electron chi connectivity index (χ0n) is 22.9. The zero-order chi connectivity index (χ0) is 26.6. The first-order valence-corrected chi connectivity index (χ1v) is 14.6. The number of morpholine rings is 1. The van der Waals surface area contributed by atoms with Gasteiger partial charge >= 0.3 is 0 Å². The molecule has 1 fully saturated rings. The van der Waals surface area contributed by atoms with E-state index < -0.39 is 0 Å². The lowest BCUT2D eigenvalue weighted by atomic mass is 9.89. The molecule has 2 aromatic carbocycles. The van der Waals surface area contributed by atoms with Crippen molar-refractivity contribution in [3.63, 3.8) is 0 Å². The van der Waals surface area contributed by atoms with Crippen LogP contribution in [-0.2, 0) is 28.8 Å². The van der Waals surface area contributed by atoms with Crippen LogP contribution >= 0.6 is 0 Å². The maximum absolute atomic E-state index is 13.2. The quantitative estimate of drug-likeness (QED) is 0.313. The lowest BCUT2D eigenvalue weighted by molar-refractivity contribution is -0.110. The number of benzene rings is 2. The fraction of sp³-hybridized carbons (Fsp3) is 0.424. The van der Waals surface area contributed by atoms with Gasteiger partial charge in [0, 0.05) is 48.6 Å². The van der Waals surface area contributed by atoms with Crippen LogP contribution in [0.3, 0.4) is 0 Å².